The number of piperidine rings is 1. The van der Waals surface area contributed by atoms with E-state index in [1.807, 2.05) is 23.1 Å². The van der Waals surface area contributed by atoms with Crippen molar-refractivity contribution in [3.63, 3.8) is 0 Å². The molecule has 0 radical (unpaired) electrons. The summed E-state index contributed by atoms with van der Waals surface area (Å²) in [5.41, 5.74) is 1.53. The van der Waals surface area contributed by atoms with Crippen LogP contribution in [0.1, 0.15) is 30.4 Å². The van der Waals surface area contributed by atoms with Crippen molar-refractivity contribution >= 4 is 5.91 Å². The van der Waals surface area contributed by atoms with Crippen LogP contribution in [0.2, 0.25) is 0 Å². The molecule has 1 unspecified atom stereocenters. The molecule has 2 aliphatic heterocycles. The lowest BCUT2D eigenvalue weighted by Gasteiger charge is -2.32. The lowest BCUT2D eigenvalue weighted by atomic mass is 9.79. The Morgan fingerprint density at radius 2 is 2.30 bits per heavy atom. The maximum Gasteiger partial charge on any atom is 0.230 e. The van der Waals surface area contributed by atoms with Gasteiger partial charge in [-0.1, -0.05) is 12.1 Å². The van der Waals surface area contributed by atoms with Crippen molar-refractivity contribution in [1.82, 2.24) is 10.2 Å². The summed E-state index contributed by atoms with van der Waals surface area (Å²) in [5.74, 6) is 0.284. The van der Waals surface area contributed by atoms with Gasteiger partial charge in [0, 0.05) is 19.6 Å². The standard InChI is InChI=1S/C16H19N3O/c17-10-13-3-1-4-14(9-13)11-19-8-6-16(15(19)20)5-2-7-18-12-16/h1,3-4,9,18H,2,5-8,11-12H2. The summed E-state index contributed by atoms with van der Waals surface area (Å²) in [4.78, 5) is 14.6. The average Bonchev–Trinajstić information content (AvgIpc) is 2.78. The predicted octanol–water partition coefficient (Wildman–Crippen LogP) is 1.66. The molecule has 2 heterocycles. The highest BCUT2D eigenvalue weighted by Gasteiger charge is 2.46. The zero-order valence-electron chi connectivity index (χ0n) is 11.6. The number of hydrogen-bond acceptors (Lipinski definition) is 3. The molecule has 104 valence electrons. The number of hydrogen-bond donors (Lipinski definition) is 1. The molecule has 4 heteroatoms. The van der Waals surface area contributed by atoms with Gasteiger partial charge in [0.2, 0.25) is 5.91 Å². The molecule has 0 aliphatic carbocycles. The van der Waals surface area contributed by atoms with Gasteiger partial charge in [-0.3, -0.25) is 4.79 Å². The van der Waals surface area contributed by atoms with Crippen molar-refractivity contribution in [1.29, 1.82) is 5.26 Å². The molecule has 2 fully saturated rings. The van der Waals surface area contributed by atoms with Crippen molar-refractivity contribution in [2.24, 2.45) is 5.41 Å². The van der Waals surface area contributed by atoms with E-state index in [1.54, 1.807) is 6.07 Å². The summed E-state index contributed by atoms with van der Waals surface area (Å²) < 4.78 is 0. The fraction of sp³-hybridized carbons (Fsp3) is 0.500. The minimum atomic E-state index is -0.162. The number of rotatable bonds is 2. The lowest BCUT2D eigenvalue weighted by Crippen LogP contribution is -2.45. The van der Waals surface area contributed by atoms with Crippen LogP contribution in [-0.2, 0) is 11.3 Å². The van der Waals surface area contributed by atoms with Crippen LogP contribution in [0.5, 0.6) is 0 Å². The highest BCUT2D eigenvalue weighted by molar-refractivity contribution is 5.85. The Morgan fingerprint density at radius 3 is 3.05 bits per heavy atom. The zero-order valence-corrected chi connectivity index (χ0v) is 11.6. The molecule has 1 spiro atoms. The molecule has 4 nitrogen and oxygen atoms in total. The van der Waals surface area contributed by atoms with E-state index < -0.39 is 0 Å². The normalized spacial score (nSPS) is 25.9. The number of nitriles is 1. The van der Waals surface area contributed by atoms with Crippen molar-refractivity contribution in [3.8, 4) is 6.07 Å². The lowest BCUT2D eigenvalue weighted by molar-refractivity contribution is -0.137. The number of nitrogens with zero attached hydrogens (tertiary/aromatic N) is 2. The van der Waals surface area contributed by atoms with Gasteiger partial charge in [-0.2, -0.15) is 5.26 Å². The van der Waals surface area contributed by atoms with Crippen molar-refractivity contribution in [2.45, 2.75) is 25.8 Å². The van der Waals surface area contributed by atoms with E-state index in [0.29, 0.717) is 12.1 Å². The Hall–Kier alpha value is -1.86. The summed E-state index contributed by atoms with van der Waals surface area (Å²) in [6, 6.07) is 9.68. The molecule has 1 atom stereocenters. The van der Waals surface area contributed by atoms with E-state index in [1.165, 1.54) is 0 Å². The second kappa shape index (κ2) is 5.26. The summed E-state index contributed by atoms with van der Waals surface area (Å²) in [6.07, 6.45) is 3.05. The smallest absolute Gasteiger partial charge is 0.230 e. The first-order valence-corrected chi connectivity index (χ1v) is 7.23. The average molecular weight is 269 g/mol. The first-order chi connectivity index (χ1) is 9.73. The molecule has 2 saturated heterocycles. The molecule has 1 amide bonds. The van der Waals surface area contributed by atoms with Crippen molar-refractivity contribution < 1.29 is 4.79 Å². The maximum atomic E-state index is 12.7. The number of nitrogens with one attached hydrogen (secondary N) is 1. The van der Waals surface area contributed by atoms with Crippen LogP contribution in [-0.4, -0.2) is 30.4 Å². The van der Waals surface area contributed by atoms with Crippen LogP contribution < -0.4 is 5.32 Å². The fourth-order valence-corrected chi connectivity index (χ4v) is 3.37. The minimum Gasteiger partial charge on any atom is -0.338 e. The molecule has 0 aromatic heterocycles. The van der Waals surface area contributed by atoms with Gasteiger partial charge in [0.25, 0.3) is 0 Å². The highest BCUT2D eigenvalue weighted by atomic mass is 16.2. The van der Waals surface area contributed by atoms with E-state index in [4.69, 9.17) is 5.26 Å². The van der Waals surface area contributed by atoms with Gasteiger partial charge in [0.1, 0.15) is 0 Å². The molecule has 3 rings (SSSR count). The van der Waals surface area contributed by atoms with Crippen LogP contribution in [0, 0.1) is 16.7 Å². The SMILES string of the molecule is N#Cc1cccc(CN2CCC3(CCCNC3)C2=O)c1. The first kappa shape index (κ1) is 13.1. The Kier molecular flexibility index (Phi) is 3.45. The second-order valence-electron chi connectivity index (χ2n) is 5.85. The van der Waals surface area contributed by atoms with Gasteiger partial charge in [0.05, 0.1) is 17.0 Å². The number of carbonyl (C=O) groups excluding carboxylic acids is 1. The van der Waals surface area contributed by atoms with Crippen molar-refractivity contribution in [3.05, 3.63) is 35.4 Å². The summed E-state index contributed by atoms with van der Waals surface area (Å²) in [7, 11) is 0. The number of carbonyl (C=O) groups is 1. The Labute approximate surface area is 119 Å². The molecule has 1 N–H and O–H groups in total. The van der Waals surface area contributed by atoms with Gasteiger partial charge in [-0.05, 0) is 43.5 Å². The topological polar surface area (TPSA) is 56.1 Å². The third kappa shape index (κ3) is 2.30. The van der Waals surface area contributed by atoms with Crippen molar-refractivity contribution in [2.75, 3.05) is 19.6 Å². The maximum absolute atomic E-state index is 12.7. The molecule has 0 bridgehead atoms. The summed E-state index contributed by atoms with van der Waals surface area (Å²) in [5, 5.41) is 12.3. The van der Waals surface area contributed by atoms with Gasteiger partial charge in [0.15, 0.2) is 0 Å². The largest absolute Gasteiger partial charge is 0.338 e. The van der Waals surface area contributed by atoms with E-state index in [0.717, 1.165) is 44.5 Å². The third-order valence-electron chi connectivity index (χ3n) is 4.50. The van der Waals surface area contributed by atoms with Gasteiger partial charge in [-0.15, -0.1) is 0 Å². The van der Waals surface area contributed by atoms with Crippen LogP contribution in [0.4, 0.5) is 0 Å². The number of benzene rings is 1. The number of amides is 1. The molecule has 20 heavy (non-hydrogen) atoms. The van der Waals surface area contributed by atoms with Gasteiger partial charge >= 0.3 is 0 Å². The van der Waals surface area contributed by atoms with E-state index in [2.05, 4.69) is 11.4 Å². The van der Waals surface area contributed by atoms with E-state index in [9.17, 15) is 4.79 Å². The van der Waals surface area contributed by atoms with Crippen LogP contribution in [0.3, 0.4) is 0 Å². The Bertz CT molecular complexity index is 555. The third-order valence-corrected chi connectivity index (χ3v) is 4.50. The first-order valence-electron chi connectivity index (χ1n) is 7.23. The monoisotopic (exact) mass is 269 g/mol. The number of likely N-dealkylation sites (tertiary alicyclic amines) is 1. The summed E-state index contributed by atoms with van der Waals surface area (Å²) in [6.45, 7) is 3.30. The van der Waals surface area contributed by atoms with Crippen LogP contribution in [0.15, 0.2) is 24.3 Å². The van der Waals surface area contributed by atoms with Gasteiger partial charge in [-0.25, -0.2) is 0 Å². The molecular formula is C16H19N3O. The zero-order chi connectivity index (χ0) is 14.0. The molecule has 2 aliphatic rings. The van der Waals surface area contributed by atoms with Gasteiger partial charge < -0.3 is 10.2 Å². The molecule has 1 aromatic carbocycles. The Morgan fingerprint density at radius 1 is 1.40 bits per heavy atom. The molecule has 0 saturated carbocycles. The summed E-state index contributed by atoms with van der Waals surface area (Å²) >= 11 is 0. The second-order valence-corrected chi connectivity index (χ2v) is 5.85. The molecular weight excluding hydrogens is 250 g/mol. The Balaban J connectivity index is 1.73. The predicted molar refractivity (Wildman–Crippen MR) is 75.7 cm³/mol. The fourth-order valence-electron chi connectivity index (χ4n) is 3.37. The van der Waals surface area contributed by atoms with Crippen LogP contribution in [0.25, 0.3) is 0 Å². The molecule has 1 aromatic rings. The quantitative estimate of drug-likeness (QED) is 0.888. The highest BCUT2D eigenvalue weighted by Crippen LogP contribution is 2.38. The van der Waals surface area contributed by atoms with E-state index >= 15 is 0 Å². The minimum absolute atomic E-state index is 0.162. The van der Waals surface area contributed by atoms with E-state index in [-0.39, 0.29) is 11.3 Å². The van der Waals surface area contributed by atoms with Crippen LogP contribution >= 0.6 is 0 Å².